The highest BCUT2D eigenvalue weighted by Gasteiger charge is 2.20. The number of anilines is 2. The van der Waals surface area contributed by atoms with Crippen molar-refractivity contribution in [2.45, 2.75) is 6.92 Å². The Bertz CT molecular complexity index is 1160. The fourth-order valence-corrected chi connectivity index (χ4v) is 3.08. The van der Waals surface area contributed by atoms with Gasteiger partial charge in [0.25, 0.3) is 11.8 Å². The summed E-state index contributed by atoms with van der Waals surface area (Å²) in [7, 11) is 0. The molecule has 0 fully saturated rings. The molecule has 0 spiro atoms. The monoisotopic (exact) mass is 442 g/mol. The molecule has 0 atom stereocenters. The van der Waals surface area contributed by atoms with Crippen LogP contribution in [0.15, 0.2) is 60.7 Å². The predicted octanol–water partition coefficient (Wildman–Crippen LogP) is 5.50. The highest BCUT2D eigenvalue weighted by molar-refractivity contribution is 6.42. The number of rotatable bonds is 5. The van der Waals surface area contributed by atoms with Gasteiger partial charge >= 0.3 is 5.97 Å². The smallest absolute Gasteiger partial charge is 0.336 e. The zero-order valence-electron chi connectivity index (χ0n) is 15.7. The number of hydrogen-bond acceptors (Lipinski definition) is 3. The first-order valence-electron chi connectivity index (χ1n) is 8.77. The molecule has 0 unspecified atom stereocenters. The van der Waals surface area contributed by atoms with Gasteiger partial charge in [0.2, 0.25) is 0 Å². The van der Waals surface area contributed by atoms with E-state index in [0.717, 1.165) is 11.6 Å². The lowest BCUT2D eigenvalue weighted by atomic mass is 10.1. The van der Waals surface area contributed by atoms with Crippen molar-refractivity contribution in [3.05, 3.63) is 93.0 Å². The maximum Gasteiger partial charge on any atom is 0.336 e. The van der Waals surface area contributed by atoms with E-state index >= 15 is 0 Å². The minimum Gasteiger partial charge on any atom is -0.478 e. The van der Waals surface area contributed by atoms with Gasteiger partial charge in [0.1, 0.15) is 0 Å². The maximum atomic E-state index is 12.6. The van der Waals surface area contributed by atoms with Crippen LogP contribution < -0.4 is 10.6 Å². The fourth-order valence-electron chi connectivity index (χ4n) is 2.76. The molecule has 3 aromatic rings. The Balaban J connectivity index is 1.83. The number of aryl methyl sites for hydroxylation is 1. The summed E-state index contributed by atoms with van der Waals surface area (Å²) < 4.78 is 0. The highest BCUT2D eigenvalue weighted by atomic mass is 35.5. The number of carbonyl (C=O) groups excluding carboxylic acids is 2. The van der Waals surface area contributed by atoms with Crippen molar-refractivity contribution in [1.29, 1.82) is 0 Å². The van der Waals surface area contributed by atoms with Crippen molar-refractivity contribution < 1.29 is 19.5 Å². The van der Waals surface area contributed by atoms with E-state index in [0.29, 0.717) is 16.9 Å². The normalized spacial score (nSPS) is 10.4. The van der Waals surface area contributed by atoms with Gasteiger partial charge in [-0.05, 0) is 48.9 Å². The number of carboxylic acids is 1. The van der Waals surface area contributed by atoms with Crippen LogP contribution in [0.25, 0.3) is 0 Å². The molecule has 0 bridgehead atoms. The first-order chi connectivity index (χ1) is 14.3. The van der Waals surface area contributed by atoms with Crippen LogP contribution in [-0.4, -0.2) is 22.9 Å². The SMILES string of the molecule is Cc1ccccc1NC(=O)c1cccc(NC(=O)c2cc(Cl)c(Cl)cc2C(=O)O)c1. The lowest BCUT2D eigenvalue weighted by molar-refractivity contribution is 0.0692. The lowest BCUT2D eigenvalue weighted by Gasteiger charge is -2.11. The molecule has 0 saturated heterocycles. The molecule has 0 aromatic heterocycles. The maximum absolute atomic E-state index is 12.6. The first-order valence-corrected chi connectivity index (χ1v) is 9.52. The summed E-state index contributed by atoms with van der Waals surface area (Å²) in [5.74, 6) is -2.35. The van der Waals surface area contributed by atoms with Gasteiger partial charge < -0.3 is 15.7 Å². The Morgan fingerprint density at radius 1 is 0.800 bits per heavy atom. The van der Waals surface area contributed by atoms with Crippen LogP contribution in [0.3, 0.4) is 0 Å². The van der Waals surface area contributed by atoms with E-state index in [1.807, 2.05) is 25.1 Å². The second kappa shape index (κ2) is 8.98. The zero-order valence-corrected chi connectivity index (χ0v) is 17.2. The summed E-state index contributed by atoms with van der Waals surface area (Å²) in [6.07, 6.45) is 0. The zero-order chi connectivity index (χ0) is 21.8. The molecule has 0 aliphatic carbocycles. The molecule has 0 saturated carbocycles. The lowest BCUT2D eigenvalue weighted by Crippen LogP contribution is -2.17. The number of hydrogen-bond donors (Lipinski definition) is 3. The summed E-state index contributed by atoms with van der Waals surface area (Å²) in [6, 6.07) is 15.9. The van der Waals surface area contributed by atoms with E-state index in [-0.39, 0.29) is 27.1 Å². The molecule has 3 aromatic carbocycles. The van der Waals surface area contributed by atoms with Crippen LogP contribution in [0.4, 0.5) is 11.4 Å². The molecule has 3 N–H and O–H groups in total. The molecule has 0 aliphatic rings. The van der Waals surface area contributed by atoms with Crippen LogP contribution in [-0.2, 0) is 0 Å². The predicted molar refractivity (Wildman–Crippen MR) is 117 cm³/mol. The average Bonchev–Trinajstić information content (AvgIpc) is 2.71. The van der Waals surface area contributed by atoms with Crippen LogP contribution >= 0.6 is 23.2 Å². The van der Waals surface area contributed by atoms with E-state index in [2.05, 4.69) is 10.6 Å². The van der Waals surface area contributed by atoms with Crippen molar-refractivity contribution in [2.24, 2.45) is 0 Å². The molecular formula is C22H16Cl2N2O4. The first kappa shape index (κ1) is 21.4. The molecule has 0 radical (unpaired) electrons. The van der Waals surface area contributed by atoms with Crippen molar-refractivity contribution in [3.8, 4) is 0 Å². The third kappa shape index (κ3) is 4.79. The standard InChI is InChI=1S/C22H16Cl2N2O4/c1-12-5-2-3-8-19(12)26-20(27)13-6-4-7-14(9-13)25-21(28)15-10-17(23)18(24)11-16(15)22(29)30/h2-11H,1H3,(H,25,28)(H,26,27)(H,29,30). The van der Waals surface area contributed by atoms with Gasteiger partial charge in [0.05, 0.1) is 21.2 Å². The quantitative estimate of drug-likeness (QED) is 0.485. The Kier molecular flexibility index (Phi) is 6.40. The molecule has 3 rings (SSSR count). The van der Waals surface area contributed by atoms with Crippen LogP contribution in [0.1, 0.15) is 36.6 Å². The van der Waals surface area contributed by atoms with Gasteiger partial charge in [-0.3, -0.25) is 9.59 Å². The molecule has 2 amide bonds. The van der Waals surface area contributed by atoms with Crippen molar-refractivity contribution in [3.63, 3.8) is 0 Å². The van der Waals surface area contributed by atoms with Gasteiger partial charge in [0.15, 0.2) is 0 Å². The highest BCUT2D eigenvalue weighted by Crippen LogP contribution is 2.27. The number of nitrogens with one attached hydrogen (secondary N) is 2. The summed E-state index contributed by atoms with van der Waals surface area (Å²) >= 11 is 11.8. The van der Waals surface area contributed by atoms with Gasteiger partial charge in [-0.15, -0.1) is 0 Å². The van der Waals surface area contributed by atoms with Gasteiger partial charge in [0, 0.05) is 16.9 Å². The van der Waals surface area contributed by atoms with Gasteiger partial charge in [-0.2, -0.15) is 0 Å². The minimum absolute atomic E-state index is 0.0282. The fraction of sp³-hybridized carbons (Fsp3) is 0.0455. The molecule has 152 valence electrons. The average molecular weight is 443 g/mol. The molecule has 0 aliphatic heterocycles. The number of benzene rings is 3. The van der Waals surface area contributed by atoms with E-state index in [4.69, 9.17) is 23.2 Å². The Hall–Kier alpha value is -3.35. The van der Waals surface area contributed by atoms with E-state index < -0.39 is 11.9 Å². The molecule has 8 heteroatoms. The molecule has 0 heterocycles. The Morgan fingerprint density at radius 2 is 1.47 bits per heavy atom. The topological polar surface area (TPSA) is 95.5 Å². The molecular weight excluding hydrogens is 427 g/mol. The number of carboxylic acid groups (broad SMARTS) is 1. The number of halogens is 2. The van der Waals surface area contributed by atoms with E-state index in [1.165, 1.54) is 12.1 Å². The number of para-hydroxylation sites is 1. The second-order valence-corrected chi connectivity index (χ2v) is 7.24. The Morgan fingerprint density at radius 3 is 2.13 bits per heavy atom. The largest absolute Gasteiger partial charge is 0.478 e. The van der Waals surface area contributed by atoms with Crippen LogP contribution in [0, 0.1) is 6.92 Å². The number of carbonyl (C=O) groups is 3. The van der Waals surface area contributed by atoms with E-state index in [1.54, 1.807) is 24.3 Å². The number of amides is 2. The van der Waals surface area contributed by atoms with Gasteiger partial charge in [-0.1, -0.05) is 47.5 Å². The van der Waals surface area contributed by atoms with Crippen LogP contribution in [0.2, 0.25) is 10.0 Å². The summed E-state index contributed by atoms with van der Waals surface area (Å²) in [5.41, 5.74) is 1.81. The third-order valence-electron chi connectivity index (χ3n) is 4.31. The second-order valence-electron chi connectivity index (χ2n) is 6.42. The summed E-state index contributed by atoms with van der Waals surface area (Å²) in [4.78, 5) is 36.7. The third-order valence-corrected chi connectivity index (χ3v) is 5.03. The summed E-state index contributed by atoms with van der Waals surface area (Å²) in [5, 5.41) is 14.8. The number of aromatic carboxylic acids is 1. The summed E-state index contributed by atoms with van der Waals surface area (Å²) in [6.45, 7) is 1.88. The molecule has 6 nitrogen and oxygen atoms in total. The van der Waals surface area contributed by atoms with E-state index in [9.17, 15) is 19.5 Å². The minimum atomic E-state index is -1.31. The Labute approximate surface area is 182 Å². The van der Waals surface area contributed by atoms with Crippen molar-refractivity contribution in [1.82, 2.24) is 0 Å². The van der Waals surface area contributed by atoms with Crippen LogP contribution in [0.5, 0.6) is 0 Å². The molecule has 30 heavy (non-hydrogen) atoms. The van der Waals surface area contributed by atoms with Gasteiger partial charge in [-0.25, -0.2) is 4.79 Å². The van der Waals surface area contributed by atoms with Crippen molar-refractivity contribution >= 4 is 52.4 Å². The van der Waals surface area contributed by atoms with Crippen molar-refractivity contribution in [2.75, 3.05) is 10.6 Å².